The molecule has 15 heavy (non-hydrogen) atoms. The Morgan fingerprint density at radius 1 is 1.47 bits per heavy atom. The van der Waals surface area contributed by atoms with Crippen LogP contribution in [-0.2, 0) is 9.53 Å². The molecule has 0 bridgehead atoms. The Balaban J connectivity index is 4.50. The van der Waals surface area contributed by atoms with Crippen LogP contribution in [0.2, 0.25) is 0 Å². The van der Waals surface area contributed by atoms with Gasteiger partial charge >= 0.3 is 6.09 Å². The minimum absolute atomic E-state index is 0.444. The summed E-state index contributed by atoms with van der Waals surface area (Å²) in [7, 11) is 0. The maximum atomic E-state index is 11.4. The number of rotatable bonds is 4. The van der Waals surface area contributed by atoms with E-state index >= 15 is 0 Å². The van der Waals surface area contributed by atoms with Crippen molar-refractivity contribution in [3.05, 3.63) is 12.7 Å². The zero-order valence-electron chi connectivity index (χ0n) is 9.79. The fraction of sp³-hybridized carbons (Fsp3) is 0.636. The number of hydrogen-bond donors (Lipinski definition) is 1. The molecule has 0 aromatic carbocycles. The second-order valence-electron chi connectivity index (χ2n) is 4.34. The summed E-state index contributed by atoms with van der Waals surface area (Å²) in [6.45, 7) is 10.6. The van der Waals surface area contributed by atoms with Gasteiger partial charge in [-0.3, -0.25) is 0 Å². The molecule has 0 aliphatic heterocycles. The van der Waals surface area contributed by atoms with Crippen molar-refractivity contribution >= 4 is 12.4 Å². The Hall–Kier alpha value is -1.32. The normalized spacial score (nSPS) is 14.9. The molecule has 1 N–H and O–H groups in total. The van der Waals surface area contributed by atoms with Crippen molar-refractivity contribution in [3.63, 3.8) is 0 Å². The van der Waals surface area contributed by atoms with Gasteiger partial charge in [-0.1, -0.05) is 13.0 Å². The molecule has 0 aromatic heterocycles. The van der Waals surface area contributed by atoms with Crippen LogP contribution in [0.1, 0.15) is 34.1 Å². The Bertz CT molecular complexity index is 245. The van der Waals surface area contributed by atoms with Crippen molar-refractivity contribution in [2.75, 3.05) is 0 Å². The van der Waals surface area contributed by atoms with Crippen molar-refractivity contribution in [2.45, 2.75) is 45.3 Å². The van der Waals surface area contributed by atoms with Gasteiger partial charge in [0, 0.05) is 0 Å². The molecule has 0 spiro atoms. The van der Waals surface area contributed by atoms with Crippen molar-refractivity contribution in [1.29, 1.82) is 0 Å². The third kappa shape index (κ3) is 4.63. The van der Waals surface area contributed by atoms with Gasteiger partial charge in [-0.15, -0.1) is 6.58 Å². The number of amides is 1. The average molecular weight is 213 g/mol. The highest BCUT2D eigenvalue weighted by Gasteiger charge is 2.28. The lowest BCUT2D eigenvalue weighted by Gasteiger charge is -2.26. The second-order valence-corrected chi connectivity index (χ2v) is 4.34. The number of carbonyl (C=O) groups excluding carboxylic acids is 2. The molecular weight excluding hydrogens is 194 g/mol. The van der Waals surface area contributed by atoms with E-state index < -0.39 is 17.2 Å². The molecule has 0 radical (unpaired) electrons. The predicted molar refractivity (Wildman–Crippen MR) is 58.7 cm³/mol. The highest BCUT2D eigenvalue weighted by molar-refractivity contribution is 5.78. The summed E-state index contributed by atoms with van der Waals surface area (Å²) in [5, 5.41) is 2.49. The van der Waals surface area contributed by atoms with E-state index in [-0.39, 0.29) is 0 Å². The summed E-state index contributed by atoms with van der Waals surface area (Å²) < 4.78 is 5.04. The van der Waals surface area contributed by atoms with Crippen LogP contribution in [-0.4, -0.2) is 23.5 Å². The summed E-state index contributed by atoms with van der Waals surface area (Å²) in [6.07, 6.45) is 1.89. The second kappa shape index (κ2) is 4.96. The molecule has 0 aliphatic rings. The maximum Gasteiger partial charge on any atom is 0.408 e. The van der Waals surface area contributed by atoms with E-state index in [1.807, 2.05) is 0 Å². The summed E-state index contributed by atoms with van der Waals surface area (Å²) >= 11 is 0. The Morgan fingerprint density at radius 2 is 2.00 bits per heavy atom. The smallest absolute Gasteiger partial charge is 0.408 e. The monoisotopic (exact) mass is 213 g/mol. The first kappa shape index (κ1) is 13.7. The van der Waals surface area contributed by atoms with E-state index in [0.29, 0.717) is 12.7 Å². The molecule has 0 saturated carbocycles. The molecule has 0 unspecified atom stereocenters. The Labute approximate surface area is 90.7 Å². The first-order valence-electron chi connectivity index (χ1n) is 4.89. The zero-order chi connectivity index (χ0) is 12.1. The molecule has 0 saturated heterocycles. The fourth-order valence-electron chi connectivity index (χ4n) is 0.938. The highest BCUT2D eigenvalue weighted by atomic mass is 16.6. The van der Waals surface area contributed by atoms with Gasteiger partial charge in [0.1, 0.15) is 17.4 Å². The van der Waals surface area contributed by atoms with Crippen LogP contribution in [0.3, 0.4) is 0 Å². The number of ether oxygens (including phenoxy) is 1. The lowest BCUT2D eigenvalue weighted by atomic mass is 9.99. The lowest BCUT2D eigenvalue weighted by molar-refractivity contribution is -0.112. The molecule has 1 amide bonds. The number of aldehydes is 1. The van der Waals surface area contributed by atoms with Gasteiger partial charge in [0.15, 0.2) is 0 Å². The first-order valence-corrected chi connectivity index (χ1v) is 4.89. The van der Waals surface area contributed by atoms with Crippen LogP contribution in [0.15, 0.2) is 12.7 Å². The standard InChI is InChI=1S/C11H19NO3/c1-6-11(7-2,8-13)12-9(14)15-10(3,4)5/h6,8H,1,7H2,2-5H3,(H,12,14)/t11-/m0/s1. The third-order valence-electron chi connectivity index (χ3n) is 1.89. The van der Waals surface area contributed by atoms with Crippen LogP contribution >= 0.6 is 0 Å². The Kier molecular flexibility index (Phi) is 4.52. The Morgan fingerprint density at radius 3 is 2.27 bits per heavy atom. The molecule has 4 heteroatoms. The number of hydrogen-bond acceptors (Lipinski definition) is 3. The van der Waals surface area contributed by atoms with Crippen molar-refractivity contribution in [2.24, 2.45) is 0 Å². The summed E-state index contributed by atoms with van der Waals surface area (Å²) in [4.78, 5) is 22.3. The molecule has 86 valence electrons. The molecule has 0 heterocycles. The summed E-state index contributed by atoms with van der Waals surface area (Å²) in [5.74, 6) is 0. The van der Waals surface area contributed by atoms with E-state index in [9.17, 15) is 9.59 Å². The zero-order valence-corrected chi connectivity index (χ0v) is 9.79. The SMILES string of the molecule is C=C[C@@](C=O)(CC)NC(=O)OC(C)(C)C. The first-order chi connectivity index (χ1) is 6.78. The highest BCUT2D eigenvalue weighted by Crippen LogP contribution is 2.11. The molecule has 4 nitrogen and oxygen atoms in total. The van der Waals surface area contributed by atoms with Crippen molar-refractivity contribution < 1.29 is 14.3 Å². The number of alkyl carbamates (subject to hydrolysis) is 1. The fourth-order valence-corrected chi connectivity index (χ4v) is 0.938. The van der Waals surface area contributed by atoms with E-state index in [0.717, 1.165) is 0 Å². The summed E-state index contributed by atoms with van der Waals surface area (Å²) in [5.41, 5.74) is -1.60. The number of nitrogens with one attached hydrogen (secondary N) is 1. The van der Waals surface area contributed by atoms with Crippen molar-refractivity contribution in [3.8, 4) is 0 Å². The van der Waals surface area contributed by atoms with Gasteiger partial charge in [0.25, 0.3) is 0 Å². The van der Waals surface area contributed by atoms with E-state index in [1.165, 1.54) is 6.08 Å². The van der Waals surface area contributed by atoms with Crippen LogP contribution in [0, 0.1) is 0 Å². The lowest BCUT2D eigenvalue weighted by Crippen LogP contribution is -2.49. The van der Waals surface area contributed by atoms with Gasteiger partial charge in [0.2, 0.25) is 0 Å². The topological polar surface area (TPSA) is 55.4 Å². The maximum absolute atomic E-state index is 11.4. The molecule has 0 rings (SSSR count). The van der Waals surface area contributed by atoms with Gasteiger partial charge in [-0.25, -0.2) is 4.79 Å². The minimum Gasteiger partial charge on any atom is -0.444 e. The quantitative estimate of drug-likeness (QED) is 0.574. The molecular formula is C11H19NO3. The molecule has 0 fully saturated rings. The van der Waals surface area contributed by atoms with Crippen LogP contribution in [0.4, 0.5) is 4.79 Å². The van der Waals surface area contributed by atoms with Gasteiger partial charge in [0.05, 0.1) is 0 Å². The molecule has 0 aromatic rings. The molecule has 1 atom stereocenters. The van der Waals surface area contributed by atoms with Crippen LogP contribution in [0.5, 0.6) is 0 Å². The van der Waals surface area contributed by atoms with E-state index in [4.69, 9.17) is 4.74 Å². The van der Waals surface area contributed by atoms with Crippen LogP contribution in [0.25, 0.3) is 0 Å². The van der Waals surface area contributed by atoms with Crippen molar-refractivity contribution in [1.82, 2.24) is 5.32 Å². The third-order valence-corrected chi connectivity index (χ3v) is 1.89. The summed E-state index contributed by atoms with van der Waals surface area (Å²) in [6, 6.07) is 0. The largest absolute Gasteiger partial charge is 0.444 e. The van der Waals surface area contributed by atoms with E-state index in [1.54, 1.807) is 27.7 Å². The van der Waals surface area contributed by atoms with Gasteiger partial charge < -0.3 is 14.8 Å². The van der Waals surface area contributed by atoms with Crippen LogP contribution < -0.4 is 5.32 Å². The minimum atomic E-state index is -1.03. The van der Waals surface area contributed by atoms with Gasteiger partial charge in [-0.05, 0) is 27.2 Å². The predicted octanol–water partition coefficient (Wildman–Crippen LogP) is 2.04. The number of carbonyl (C=O) groups is 2. The van der Waals surface area contributed by atoms with Gasteiger partial charge in [-0.2, -0.15) is 0 Å². The van der Waals surface area contributed by atoms with E-state index in [2.05, 4.69) is 11.9 Å². The molecule has 0 aliphatic carbocycles. The average Bonchev–Trinajstić information content (AvgIpc) is 2.11.